The molecule has 0 aliphatic carbocycles. The molecule has 0 aliphatic rings. The lowest BCUT2D eigenvalue weighted by Gasteiger charge is -2.05. The van der Waals surface area contributed by atoms with Crippen molar-refractivity contribution in [2.75, 3.05) is 11.1 Å². The molecule has 27 heavy (non-hydrogen) atoms. The fourth-order valence-electron chi connectivity index (χ4n) is 2.42. The Labute approximate surface area is 160 Å². The molecule has 0 aliphatic heterocycles. The normalized spacial score (nSPS) is 11.4. The zero-order valence-electron chi connectivity index (χ0n) is 14.7. The average molecular weight is 404 g/mol. The van der Waals surface area contributed by atoms with Gasteiger partial charge in [-0.1, -0.05) is 12.1 Å². The molecule has 0 atom stereocenters. The van der Waals surface area contributed by atoms with E-state index in [9.17, 15) is 17.6 Å². The van der Waals surface area contributed by atoms with Crippen molar-refractivity contribution in [3.8, 4) is 11.3 Å². The number of benzene rings is 2. The Morgan fingerprint density at radius 3 is 2.48 bits per heavy atom. The van der Waals surface area contributed by atoms with Gasteiger partial charge in [-0.2, -0.15) is 0 Å². The summed E-state index contributed by atoms with van der Waals surface area (Å²) in [7, 11) is -3.85. The molecule has 3 aromatic rings. The Morgan fingerprint density at radius 2 is 1.81 bits per heavy atom. The Hall–Kier alpha value is -2.58. The minimum absolute atomic E-state index is 0.103. The maximum Gasteiger partial charge on any atom is 0.241 e. The van der Waals surface area contributed by atoms with E-state index in [1.807, 2.05) is 32.0 Å². The second kappa shape index (κ2) is 7.58. The van der Waals surface area contributed by atoms with Crippen LogP contribution < -0.4 is 5.32 Å². The Morgan fingerprint density at radius 1 is 1.11 bits per heavy atom. The summed E-state index contributed by atoms with van der Waals surface area (Å²) in [5.74, 6) is -1.97. The number of halogens is 1. The van der Waals surface area contributed by atoms with Crippen molar-refractivity contribution in [2.24, 2.45) is 0 Å². The fourth-order valence-corrected chi connectivity index (χ4v) is 4.29. The van der Waals surface area contributed by atoms with Crippen LogP contribution in [0.4, 0.5) is 9.52 Å². The Kier molecular flexibility index (Phi) is 5.38. The Balaban J connectivity index is 1.70. The number of aromatic nitrogens is 1. The summed E-state index contributed by atoms with van der Waals surface area (Å²) in [6.45, 7) is 4.03. The maximum absolute atomic E-state index is 12.9. The van der Waals surface area contributed by atoms with E-state index in [1.165, 1.54) is 16.9 Å². The number of sulfone groups is 1. The molecule has 1 heterocycles. The molecule has 1 N–H and O–H groups in total. The van der Waals surface area contributed by atoms with Crippen molar-refractivity contribution in [2.45, 2.75) is 18.7 Å². The van der Waals surface area contributed by atoms with Crippen LogP contribution in [-0.4, -0.2) is 25.1 Å². The molecule has 1 amide bonds. The van der Waals surface area contributed by atoms with E-state index in [4.69, 9.17) is 0 Å². The van der Waals surface area contributed by atoms with E-state index in [2.05, 4.69) is 10.3 Å². The van der Waals surface area contributed by atoms with Crippen LogP contribution in [0.5, 0.6) is 0 Å². The number of nitrogens with one attached hydrogen (secondary N) is 1. The number of rotatable bonds is 5. The average Bonchev–Trinajstić information content (AvgIpc) is 3.05. The van der Waals surface area contributed by atoms with Crippen LogP contribution >= 0.6 is 11.3 Å². The molecule has 140 valence electrons. The topological polar surface area (TPSA) is 76.1 Å². The van der Waals surface area contributed by atoms with Crippen LogP contribution in [0.2, 0.25) is 0 Å². The van der Waals surface area contributed by atoms with Gasteiger partial charge in [-0.15, -0.1) is 11.3 Å². The smallest absolute Gasteiger partial charge is 0.241 e. The zero-order chi connectivity index (χ0) is 19.6. The van der Waals surface area contributed by atoms with Gasteiger partial charge < -0.3 is 5.32 Å². The highest BCUT2D eigenvalue weighted by atomic mass is 32.2. The van der Waals surface area contributed by atoms with Crippen molar-refractivity contribution in [1.29, 1.82) is 0 Å². The van der Waals surface area contributed by atoms with Gasteiger partial charge in [-0.25, -0.2) is 17.8 Å². The second-order valence-electron chi connectivity index (χ2n) is 6.10. The van der Waals surface area contributed by atoms with Crippen molar-refractivity contribution < 1.29 is 17.6 Å². The molecule has 0 fully saturated rings. The monoisotopic (exact) mass is 404 g/mol. The molecular formula is C19H17FN2O3S2. The lowest BCUT2D eigenvalue weighted by atomic mass is 10.1. The van der Waals surface area contributed by atoms with Gasteiger partial charge >= 0.3 is 0 Å². The first-order valence-electron chi connectivity index (χ1n) is 8.06. The first-order chi connectivity index (χ1) is 12.7. The number of hydrogen-bond acceptors (Lipinski definition) is 5. The van der Waals surface area contributed by atoms with Crippen molar-refractivity contribution >= 4 is 32.2 Å². The molecule has 0 unspecified atom stereocenters. The predicted molar refractivity (Wildman–Crippen MR) is 104 cm³/mol. The fraction of sp³-hybridized carbons (Fsp3) is 0.158. The van der Waals surface area contributed by atoms with Crippen LogP contribution in [0.3, 0.4) is 0 Å². The number of carbonyl (C=O) groups excluding carboxylic acids is 1. The first-order valence-corrected chi connectivity index (χ1v) is 10.6. The molecule has 0 saturated carbocycles. The van der Waals surface area contributed by atoms with E-state index >= 15 is 0 Å². The number of hydrogen-bond donors (Lipinski definition) is 1. The number of anilines is 1. The Bertz CT molecular complexity index is 1090. The molecule has 0 radical (unpaired) electrons. The van der Waals surface area contributed by atoms with Gasteiger partial charge in [-0.3, -0.25) is 4.79 Å². The number of aryl methyl sites for hydroxylation is 2. The minimum Gasteiger partial charge on any atom is -0.301 e. The van der Waals surface area contributed by atoms with Crippen LogP contribution in [0, 0.1) is 19.7 Å². The SMILES string of the molecule is Cc1ccc(-c2csc(NC(=O)CS(=O)(=O)c3ccc(F)cc3)n2)cc1C. The first kappa shape index (κ1) is 19.2. The molecule has 0 bridgehead atoms. The van der Waals surface area contributed by atoms with Crippen LogP contribution in [0.15, 0.2) is 52.7 Å². The van der Waals surface area contributed by atoms with Gasteiger partial charge in [0.2, 0.25) is 5.91 Å². The molecule has 0 spiro atoms. The lowest BCUT2D eigenvalue weighted by molar-refractivity contribution is -0.113. The summed E-state index contributed by atoms with van der Waals surface area (Å²) in [5, 5.41) is 4.63. The van der Waals surface area contributed by atoms with E-state index in [-0.39, 0.29) is 4.90 Å². The van der Waals surface area contributed by atoms with Gasteiger partial charge in [0.15, 0.2) is 15.0 Å². The number of nitrogens with zero attached hydrogens (tertiary/aromatic N) is 1. The number of thiazole rings is 1. The quantitative estimate of drug-likeness (QED) is 0.653. The van der Waals surface area contributed by atoms with E-state index in [0.717, 1.165) is 35.4 Å². The summed E-state index contributed by atoms with van der Waals surface area (Å²) in [4.78, 5) is 16.4. The van der Waals surface area contributed by atoms with Gasteiger partial charge in [-0.05, 0) is 55.3 Å². The van der Waals surface area contributed by atoms with Crippen molar-refractivity contribution in [3.05, 3.63) is 64.8 Å². The second-order valence-corrected chi connectivity index (χ2v) is 8.95. The van der Waals surface area contributed by atoms with E-state index in [1.54, 1.807) is 5.38 Å². The summed E-state index contributed by atoms with van der Waals surface area (Å²) in [6.07, 6.45) is 0. The highest BCUT2D eigenvalue weighted by Crippen LogP contribution is 2.26. The summed E-state index contributed by atoms with van der Waals surface area (Å²) < 4.78 is 37.4. The molecule has 3 rings (SSSR count). The minimum atomic E-state index is -3.85. The number of carbonyl (C=O) groups is 1. The molecule has 2 aromatic carbocycles. The van der Waals surface area contributed by atoms with Crippen LogP contribution in [0.1, 0.15) is 11.1 Å². The molecular weight excluding hydrogens is 387 g/mol. The molecule has 0 saturated heterocycles. The van der Waals surface area contributed by atoms with E-state index in [0.29, 0.717) is 10.8 Å². The van der Waals surface area contributed by atoms with Gasteiger partial charge in [0.05, 0.1) is 10.6 Å². The highest BCUT2D eigenvalue weighted by molar-refractivity contribution is 7.92. The van der Waals surface area contributed by atoms with Crippen molar-refractivity contribution in [1.82, 2.24) is 4.98 Å². The third-order valence-corrected chi connectivity index (χ3v) is 6.44. The third-order valence-electron chi connectivity index (χ3n) is 4.05. The van der Waals surface area contributed by atoms with E-state index < -0.39 is 27.3 Å². The van der Waals surface area contributed by atoms with Gasteiger partial charge in [0.25, 0.3) is 0 Å². The molecule has 5 nitrogen and oxygen atoms in total. The standard InChI is InChI=1S/C19H17FN2O3S2/c1-12-3-4-14(9-13(12)2)17-10-26-19(21-17)22-18(23)11-27(24,25)16-7-5-15(20)6-8-16/h3-10H,11H2,1-2H3,(H,21,22,23). The number of amides is 1. The van der Waals surface area contributed by atoms with Crippen LogP contribution in [-0.2, 0) is 14.6 Å². The molecule has 8 heteroatoms. The largest absolute Gasteiger partial charge is 0.301 e. The van der Waals surface area contributed by atoms with Crippen LogP contribution in [0.25, 0.3) is 11.3 Å². The predicted octanol–water partition coefficient (Wildman–Crippen LogP) is 3.98. The third kappa shape index (κ3) is 4.58. The summed E-state index contributed by atoms with van der Waals surface area (Å²) in [5.41, 5.74) is 3.94. The zero-order valence-corrected chi connectivity index (χ0v) is 16.3. The van der Waals surface area contributed by atoms with Crippen molar-refractivity contribution in [3.63, 3.8) is 0 Å². The lowest BCUT2D eigenvalue weighted by Crippen LogP contribution is -2.23. The molecule has 1 aromatic heterocycles. The van der Waals surface area contributed by atoms with Gasteiger partial charge in [0.1, 0.15) is 11.6 Å². The highest BCUT2D eigenvalue weighted by Gasteiger charge is 2.20. The van der Waals surface area contributed by atoms with Gasteiger partial charge in [0, 0.05) is 10.9 Å². The summed E-state index contributed by atoms with van der Waals surface area (Å²) >= 11 is 1.22. The maximum atomic E-state index is 12.9. The summed E-state index contributed by atoms with van der Waals surface area (Å²) in [6, 6.07) is 10.3.